The Labute approximate surface area is 139 Å². The highest BCUT2D eigenvalue weighted by molar-refractivity contribution is 6.12. The molecule has 23 heavy (non-hydrogen) atoms. The van der Waals surface area contributed by atoms with Crippen LogP contribution in [0.15, 0.2) is 42.7 Å². The van der Waals surface area contributed by atoms with Crippen LogP contribution in [0.2, 0.25) is 0 Å². The van der Waals surface area contributed by atoms with E-state index < -0.39 is 0 Å². The second-order valence-electron chi connectivity index (χ2n) is 6.50. The van der Waals surface area contributed by atoms with Crippen LogP contribution in [0.1, 0.15) is 61.8 Å². The van der Waals surface area contributed by atoms with Gasteiger partial charge in [0.1, 0.15) is 0 Å². The Kier molecular flexibility index (Phi) is 5.19. The van der Waals surface area contributed by atoms with Gasteiger partial charge in [0, 0.05) is 24.2 Å². The number of hydrogen-bond acceptors (Lipinski definition) is 2. The molecule has 1 unspecified atom stereocenters. The summed E-state index contributed by atoms with van der Waals surface area (Å²) in [7, 11) is 0. The lowest BCUT2D eigenvalue weighted by molar-refractivity contribution is 0.658. The number of benzene rings is 1. The molecule has 3 heteroatoms. The fourth-order valence-electron chi connectivity index (χ4n) is 2.75. The second kappa shape index (κ2) is 6.95. The van der Waals surface area contributed by atoms with Crippen LogP contribution in [0.5, 0.6) is 0 Å². The molecule has 0 saturated carbocycles. The average Bonchev–Trinajstić information content (AvgIpc) is 3.01. The number of allylic oxidation sites excluding steroid dienone is 1. The van der Waals surface area contributed by atoms with Gasteiger partial charge >= 0.3 is 0 Å². The monoisotopic (exact) mass is 309 g/mol. The Morgan fingerprint density at radius 3 is 2.57 bits per heavy atom. The van der Waals surface area contributed by atoms with Gasteiger partial charge in [-0.05, 0) is 36.5 Å². The number of hydrogen-bond donors (Lipinski definition) is 1. The molecule has 0 radical (unpaired) electrons. The lowest BCUT2D eigenvalue weighted by Gasteiger charge is -2.19. The molecule has 0 aliphatic carbocycles. The van der Waals surface area contributed by atoms with Crippen LogP contribution in [-0.4, -0.2) is 15.5 Å². The van der Waals surface area contributed by atoms with Crippen molar-refractivity contribution in [3.8, 4) is 0 Å². The van der Waals surface area contributed by atoms with Gasteiger partial charge in [-0.2, -0.15) is 5.10 Å². The minimum atomic E-state index is 0.0871. The summed E-state index contributed by atoms with van der Waals surface area (Å²) in [4.78, 5) is 0. The van der Waals surface area contributed by atoms with E-state index in [4.69, 9.17) is 5.41 Å². The molecule has 0 bridgehead atoms. The summed E-state index contributed by atoms with van der Waals surface area (Å²) in [5, 5.41) is 13.0. The maximum Gasteiger partial charge on any atom is 0.0647 e. The fraction of sp³-hybridized carbons (Fsp3) is 0.400. The summed E-state index contributed by atoms with van der Waals surface area (Å²) in [6.45, 7) is 15.7. The van der Waals surface area contributed by atoms with Crippen molar-refractivity contribution in [3.05, 3.63) is 65.0 Å². The van der Waals surface area contributed by atoms with Gasteiger partial charge in [-0.25, -0.2) is 0 Å². The Morgan fingerprint density at radius 2 is 2.00 bits per heavy atom. The third kappa shape index (κ3) is 3.61. The Morgan fingerprint density at radius 1 is 1.30 bits per heavy atom. The van der Waals surface area contributed by atoms with Crippen LogP contribution in [0.3, 0.4) is 0 Å². The molecule has 1 aromatic heterocycles. The van der Waals surface area contributed by atoms with Crippen molar-refractivity contribution in [3.63, 3.8) is 0 Å². The molecule has 2 rings (SSSR count). The predicted molar refractivity (Wildman–Crippen MR) is 97.6 cm³/mol. The van der Waals surface area contributed by atoms with Gasteiger partial charge in [0.15, 0.2) is 0 Å². The smallest absolute Gasteiger partial charge is 0.0647 e. The molecule has 1 aromatic carbocycles. The van der Waals surface area contributed by atoms with Crippen LogP contribution in [0, 0.1) is 12.3 Å². The molecular weight excluding hydrogens is 282 g/mol. The Balaban J connectivity index is 2.31. The third-order valence-electron chi connectivity index (χ3n) is 4.42. The topological polar surface area (TPSA) is 41.7 Å². The normalized spacial score (nSPS) is 12.4. The Bertz CT molecular complexity index is 722. The molecule has 0 aliphatic heterocycles. The lowest BCUT2D eigenvalue weighted by atomic mass is 9.85. The molecule has 1 heterocycles. The number of nitrogens with zero attached hydrogens (tertiary/aromatic N) is 2. The standard InChI is InChI=1S/C20H27N3/c1-7-23-12-17(11-22-23)15(5)16(6)20(21)18-9-8-14(4)10-19(18)13(2)3/h8-13,15,21H,6-7H2,1-5H3. The zero-order valence-electron chi connectivity index (χ0n) is 14.9. The summed E-state index contributed by atoms with van der Waals surface area (Å²) in [6.07, 6.45) is 3.92. The highest BCUT2D eigenvalue weighted by atomic mass is 15.3. The molecule has 1 N–H and O–H groups in total. The highest BCUT2D eigenvalue weighted by Crippen LogP contribution is 2.29. The summed E-state index contributed by atoms with van der Waals surface area (Å²) < 4.78 is 1.91. The second-order valence-corrected chi connectivity index (χ2v) is 6.50. The quantitative estimate of drug-likeness (QED) is 0.744. The number of nitrogens with one attached hydrogen (secondary N) is 1. The van der Waals surface area contributed by atoms with Gasteiger partial charge in [-0.3, -0.25) is 10.1 Å². The van der Waals surface area contributed by atoms with Crippen LogP contribution >= 0.6 is 0 Å². The molecule has 3 nitrogen and oxygen atoms in total. The highest BCUT2D eigenvalue weighted by Gasteiger charge is 2.19. The van der Waals surface area contributed by atoms with Gasteiger partial charge in [0.2, 0.25) is 0 Å². The zero-order valence-corrected chi connectivity index (χ0v) is 14.9. The molecule has 0 aliphatic rings. The van der Waals surface area contributed by atoms with E-state index in [2.05, 4.69) is 64.5 Å². The molecule has 2 aromatic rings. The van der Waals surface area contributed by atoms with Crippen LogP contribution < -0.4 is 0 Å². The van der Waals surface area contributed by atoms with Gasteiger partial charge in [0.05, 0.1) is 11.9 Å². The molecule has 122 valence electrons. The SMILES string of the molecule is C=C(C(=N)c1ccc(C)cc1C(C)C)C(C)c1cnn(CC)c1. The van der Waals surface area contributed by atoms with Crippen molar-refractivity contribution in [2.45, 2.75) is 53.0 Å². The summed E-state index contributed by atoms with van der Waals surface area (Å²) in [6, 6.07) is 6.31. The van der Waals surface area contributed by atoms with E-state index in [0.29, 0.717) is 11.6 Å². The Hall–Kier alpha value is -2.16. The van der Waals surface area contributed by atoms with Crippen LogP contribution in [0.25, 0.3) is 0 Å². The maximum absolute atomic E-state index is 8.64. The molecule has 0 fully saturated rings. The van der Waals surface area contributed by atoms with Crippen molar-refractivity contribution in [2.24, 2.45) is 0 Å². The molecule has 0 saturated heterocycles. The van der Waals surface area contributed by atoms with Crippen LogP contribution in [-0.2, 0) is 6.54 Å². The molecular formula is C20H27N3. The minimum Gasteiger partial charge on any atom is -0.300 e. The maximum atomic E-state index is 8.64. The first-order valence-electron chi connectivity index (χ1n) is 8.26. The fourth-order valence-corrected chi connectivity index (χ4v) is 2.75. The predicted octanol–water partition coefficient (Wildman–Crippen LogP) is 5.06. The summed E-state index contributed by atoms with van der Waals surface area (Å²) in [5.74, 6) is 0.473. The molecule has 1 atom stereocenters. The van der Waals surface area contributed by atoms with Gasteiger partial charge in [0.25, 0.3) is 0 Å². The number of aromatic nitrogens is 2. The van der Waals surface area contributed by atoms with Crippen molar-refractivity contribution < 1.29 is 0 Å². The van der Waals surface area contributed by atoms with E-state index in [0.717, 1.165) is 23.2 Å². The third-order valence-corrected chi connectivity index (χ3v) is 4.42. The van der Waals surface area contributed by atoms with E-state index in [1.807, 2.05) is 17.1 Å². The van der Waals surface area contributed by atoms with E-state index in [-0.39, 0.29) is 5.92 Å². The lowest BCUT2D eigenvalue weighted by Crippen LogP contribution is -2.12. The first-order chi connectivity index (χ1) is 10.8. The summed E-state index contributed by atoms with van der Waals surface area (Å²) >= 11 is 0. The average molecular weight is 309 g/mol. The first-order valence-corrected chi connectivity index (χ1v) is 8.26. The van der Waals surface area contributed by atoms with Gasteiger partial charge in [-0.15, -0.1) is 0 Å². The van der Waals surface area contributed by atoms with Crippen molar-refractivity contribution in [1.29, 1.82) is 5.41 Å². The van der Waals surface area contributed by atoms with Crippen molar-refractivity contribution >= 4 is 5.71 Å². The largest absolute Gasteiger partial charge is 0.300 e. The number of aryl methyl sites for hydroxylation is 2. The van der Waals surface area contributed by atoms with E-state index in [1.165, 1.54) is 11.1 Å². The van der Waals surface area contributed by atoms with E-state index in [9.17, 15) is 0 Å². The molecule has 0 amide bonds. The zero-order chi connectivity index (χ0) is 17.1. The van der Waals surface area contributed by atoms with Crippen LogP contribution in [0.4, 0.5) is 0 Å². The van der Waals surface area contributed by atoms with Crippen molar-refractivity contribution in [2.75, 3.05) is 0 Å². The van der Waals surface area contributed by atoms with E-state index >= 15 is 0 Å². The van der Waals surface area contributed by atoms with Gasteiger partial charge in [-0.1, -0.05) is 51.1 Å². The van der Waals surface area contributed by atoms with Gasteiger partial charge < -0.3 is 0 Å². The summed E-state index contributed by atoms with van der Waals surface area (Å²) in [5.41, 5.74) is 5.92. The molecule has 0 spiro atoms. The minimum absolute atomic E-state index is 0.0871. The van der Waals surface area contributed by atoms with E-state index in [1.54, 1.807) is 0 Å². The van der Waals surface area contributed by atoms with Crippen molar-refractivity contribution in [1.82, 2.24) is 9.78 Å². The number of rotatable bonds is 6. The first kappa shape index (κ1) is 17.2.